The first-order chi connectivity index (χ1) is 8.89. The largest absolute Gasteiger partial charge is 0.398 e. The topological polar surface area (TPSA) is 17.1 Å². The van der Waals surface area contributed by atoms with E-state index < -0.39 is 17.9 Å². The van der Waals surface area contributed by atoms with E-state index in [9.17, 15) is 18.0 Å². The van der Waals surface area contributed by atoms with Gasteiger partial charge in [-0.3, -0.25) is 4.79 Å². The Balaban J connectivity index is 2.17. The van der Waals surface area contributed by atoms with Crippen molar-refractivity contribution in [3.63, 3.8) is 0 Å². The predicted octanol–water partition coefficient (Wildman–Crippen LogP) is 4.40. The molecule has 1 fully saturated rings. The van der Waals surface area contributed by atoms with Crippen molar-refractivity contribution in [1.82, 2.24) is 0 Å². The highest BCUT2D eigenvalue weighted by molar-refractivity contribution is 5.82. The van der Waals surface area contributed by atoms with Crippen LogP contribution in [0.3, 0.4) is 0 Å². The highest BCUT2D eigenvalue weighted by Gasteiger charge is 2.45. The summed E-state index contributed by atoms with van der Waals surface area (Å²) < 4.78 is 38.3. The third kappa shape index (κ3) is 3.17. The molecule has 1 aliphatic rings. The molecule has 2 rings (SSSR count). The van der Waals surface area contributed by atoms with E-state index in [2.05, 4.69) is 0 Å². The average molecular weight is 270 g/mol. The van der Waals surface area contributed by atoms with E-state index in [-0.39, 0.29) is 18.8 Å². The summed E-state index contributed by atoms with van der Waals surface area (Å²) in [4.78, 5) is 11.6. The summed E-state index contributed by atoms with van der Waals surface area (Å²) in [5.74, 6) is -2.34. The Morgan fingerprint density at radius 2 is 1.79 bits per heavy atom. The van der Waals surface area contributed by atoms with Crippen LogP contribution in [0.2, 0.25) is 0 Å². The molecule has 0 bridgehead atoms. The number of ketones is 1. The molecule has 1 aromatic rings. The van der Waals surface area contributed by atoms with Gasteiger partial charge < -0.3 is 0 Å². The fourth-order valence-electron chi connectivity index (χ4n) is 2.87. The van der Waals surface area contributed by atoms with Gasteiger partial charge in [0.2, 0.25) is 0 Å². The number of benzene rings is 1. The molecule has 19 heavy (non-hydrogen) atoms. The number of carbonyl (C=O) groups excluding carboxylic acids is 1. The summed E-state index contributed by atoms with van der Waals surface area (Å²) >= 11 is 0. The molecule has 104 valence electrons. The molecular formula is C15H17F3O. The van der Waals surface area contributed by atoms with Crippen LogP contribution in [0.4, 0.5) is 13.2 Å². The lowest BCUT2D eigenvalue weighted by Crippen LogP contribution is -2.29. The molecule has 0 spiro atoms. The van der Waals surface area contributed by atoms with E-state index in [0.29, 0.717) is 12.8 Å². The minimum Gasteiger partial charge on any atom is -0.299 e. The van der Waals surface area contributed by atoms with Gasteiger partial charge in [-0.05, 0) is 43.2 Å². The molecule has 0 N–H and O–H groups in total. The Morgan fingerprint density at radius 1 is 1.11 bits per heavy atom. The van der Waals surface area contributed by atoms with Crippen molar-refractivity contribution in [3.8, 4) is 0 Å². The van der Waals surface area contributed by atoms with Gasteiger partial charge in [-0.15, -0.1) is 0 Å². The quantitative estimate of drug-likeness (QED) is 0.691. The summed E-state index contributed by atoms with van der Waals surface area (Å²) in [5.41, 5.74) is 2.17. The molecule has 0 saturated heterocycles. The lowest BCUT2D eigenvalue weighted by Gasteiger charge is -2.18. The second-order valence-corrected chi connectivity index (χ2v) is 5.23. The summed E-state index contributed by atoms with van der Waals surface area (Å²) in [5, 5.41) is 0. The molecule has 1 aliphatic carbocycles. The Bertz CT molecular complexity index is 465. The second-order valence-electron chi connectivity index (χ2n) is 5.23. The number of aryl methyl sites for hydroxylation is 1. The van der Waals surface area contributed by atoms with Gasteiger partial charge in [0.25, 0.3) is 0 Å². The lowest BCUT2D eigenvalue weighted by molar-refractivity contribution is -0.182. The zero-order valence-corrected chi connectivity index (χ0v) is 10.8. The molecular weight excluding hydrogens is 253 g/mol. The van der Waals surface area contributed by atoms with Crippen LogP contribution in [-0.4, -0.2) is 12.0 Å². The second kappa shape index (κ2) is 5.35. The third-order valence-electron chi connectivity index (χ3n) is 3.96. The van der Waals surface area contributed by atoms with Crippen LogP contribution < -0.4 is 0 Å². The van der Waals surface area contributed by atoms with Crippen molar-refractivity contribution in [3.05, 3.63) is 35.4 Å². The maximum atomic E-state index is 12.8. The van der Waals surface area contributed by atoms with Crippen molar-refractivity contribution in [2.45, 2.75) is 44.7 Å². The Hall–Kier alpha value is -1.32. The van der Waals surface area contributed by atoms with Gasteiger partial charge in [0.05, 0.1) is 0 Å². The zero-order chi connectivity index (χ0) is 14.0. The molecule has 1 aromatic carbocycles. The Morgan fingerprint density at radius 3 is 2.42 bits per heavy atom. The molecule has 0 amide bonds. The normalized spacial score (nSPS) is 25.2. The summed E-state index contributed by atoms with van der Waals surface area (Å²) in [6.45, 7) is 1.96. The van der Waals surface area contributed by atoms with Crippen molar-refractivity contribution >= 4 is 5.78 Å². The molecule has 4 heteroatoms. The smallest absolute Gasteiger partial charge is 0.299 e. The lowest BCUT2D eigenvalue weighted by atomic mass is 9.88. The van der Waals surface area contributed by atoms with Crippen molar-refractivity contribution in [2.24, 2.45) is 5.92 Å². The van der Waals surface area contributed by atoms with Crippen LogP contribution in [0, 0.1) is 12.8 Å². The Kier molecular flexibility index (Phi) is 3.97. The first-order valence-corrected chi connectivity index (χ1v) is 6.54. The highest BCUT2D eigenvalue weighted by atomic mass is 19.4. The van der Waals surface area contributed by atoms with Gasteiger partial charge in [0.1, 0.15) is 11.7 Å². The van der Waals surface area contributed by atoms with Crippen LogP contribution in [0.15, 0.2) is 24.3 Å². The minimum absolute atomic E-state index is 0.0309. The fraction of sp³-hybridized carbons (Fsp3) is 0.533. The minimum atomic E-state index is -4.39. The number of carbonyl (C=O) groups is 1. The van der Waals surface area contributed by atoms with Gasteiger partial charge in [-0.1, -0.05) is 24.3 Å². The van der Waals surface area contributed by atoms with Crippen LogP contribution in [-0.2, 0) is 4.79 Å². The average Bonchev–Trinajstić information content (AvgIpc) is 2.51. The highest BCUT2D eigenvalue weighted by Crippen LogP contribution is 2.39. The number of halogens is 3. The fourth-order valence-corrected chi connectivity index (χ4v) is 2.87. The van der Waals surface area contributed by atoms with Gasteiger partial charge in [-0.2, -0.15) is 13.2 Å². The van der Waals surface area contributed by atoms with E-state index >= 15 is 0 Å². The number of hydrogen-bond acceptors (Lipinski definition) is 1. The maximum Gasteiger partial charge on any atom is 0.398 e. The monoisotopic (exact) mass is 270 g/mol. The number of rotatable bonds is 1. The van der Waals surface area contributed by atoms with Crippen LogP contribution in [0.5, 0.6) is 0 Å². The molecule has 2 atom stereocenters. The molecule has 0 aliphatic heterocycles. The van der Waals surface area contributed by atoms with Gasteiger partial charge in [0, 0.05) is 6.42 Å². The van der Waals surface area contributed by atoms with E-state index in [1.54, 1.807) is 0 Å². The first kappa shape index (κ1) is 14.1. The maximum absolute atomic E-state index is 12.8. The Labute approximate surface area is 110 Å². The van der Waals surface area contributed by atoms with Crippen molar-refractivity contribution in [2.75, 3.05) is 0 Å². The number of alkyl halides is 3. The van der Waals surface area contributed by atoms with Gasteiger partial charge in [-0.25, -0.2) is 0 Å². The molecule has 0 heterocycles. The summed E-state index contributed by atoms with van der Waals surface area (Å²) in [6.07, 6.45) is -3.49. The van der Waals surface area contributed by atoms with Crippen LogP contribution in [0.1, 0.15) is 42.7 Å². The van der Waals surface area contributed by atoms with Crippen molar-refractivity contribution < 1.29 is 18.0 Å². The van der Waals surface area contributed by atoms with Gasteiger partial charge in [0.15, 0.2) is 0 Å². The third-order valence-corrected chi connectivity index (χ3v) is 3.96. The summed E-state index contributed by atoms with van der Waals surface area (Å²) in [7, 11) is 0. The molecule has 0 aromatic heterocycles. The van der Waals surface area contributed by atoms with Crippen LogP contribution >= 0.6 is 0 Å². The predicted molar refractivity (Wildman–Crippen MR) is 66.9 cm³/mol. The number of Topliss-reactive ketones (excluding diaryl/α,β-unsaturated/α-hetero) is 1. The molecule has 1 nitrogen and oxygen atoms in total. The van der Waals surface area contributed by atoms with Gasteiger partial charge >= 0.3 is 6.18 Å². The number of hydrogen-bond donors (Lipinski definition) is 0. The molecule has 0 radical (unpaired) electrons. The standard InChI is InChI=1S/C15H17F3O/c1-10-4-2-3-5-12(10)11-6-8-13(15(16,17)18)14(19)9-7-11/h2-5,11,13H,6-9H2,1H3/t11-,13-/m0/s1. The molecule has 1 saturated carbocycles. The SMILES string of the molecule is Cc1ccccc1[C@@H]1CCC(=O)[C@@H](C(F)(F)F)CC1. The molecule has 0 unspecified atom stereocenters. The van der Waals surface area contributed by atoms with E-state index in [1.165, 1.54) is 0 Å². The van der Waals surface area contributed by atoms with E-state index in [1.807, 2.05) is 31.2 Å². The zero-order valence-electron chi connectivity index (χ0n) is 10.8. The van der Waals surface area contributed by atoms with E-state index in [4.69, 9.17) is 0 Å². The van der Waals surface area contributed by atoms with Crippen molar-refractivity contribution in [1.29, 1.82) is 0 Å². The van der Waals surface area contributed by atoms with Crippen LogP contribution in [0.25, 0.3) is 0 Å². The summed E-state index contributed by atoms with van der Waals surface area (Å²) in [6, 6.07) is 7.73. The first-order valence-electron chi connectivity index (χ1n) is 6.54. The van der Waals surface area contributed by atoms with E-state index in [0.717, 1.165) is 11.1 Å².